The second-order valence-electron chi connectivity index (χ2n) is 6.01. The molecule has 144 valence electrons. The Bertz CT molecular complexity index is 1160. The largest absolute Gasteiger partial charge is 0.320 e. The number of amides is 1. The van der Waals surface area contributed by atoms with Gasteiger partial charge in [-0.25, -0.2) is 13.8 Å². The van der Waals surface area contributed by atoms with E-state index in [0.29, 0.717) is 22.0 Å². The van der Waals surface area contributed by atoms with Gasteiger partial charge in [0.2, 0.25) is 0 Å². The summed E-state index contributed by atoms with van der Waals surface area (Å²) < 4.78 is 27.5. The second kappa shape index (κ2) is 8.06. The van der Waals surface area contributed by atoms with Gasteiger partial charge in [0, 0.05) is 22.7 Å². The molecule has 0 aliphatic heterocycles. The van der Waals surface area contributed by atoms with E-state index in [0.717, 1.165) is 22.7 Å². The van der Waals surface area contributed by atoms with E-state index in [1.54, 1.807) is 24.4 Å². The normalized spacial score (nSPS) is 10.7. The van der Waals surface area contributed by atoms with Gasteiger partial charge in [-0.15, -0.1) is 11.3 Å². The molecule has 0 radical (unpaired) electrons. The van der Waals surface area contributed by atoms with E-state index in [2.05, 4.69) is 15.3 Å². The summed E-state index contributed by atoms with van der Waals surface area (Å²) in [4.78, 5) is 20.8. The van der Waals surface area contributed by atoms with Crippen LogP contribution < -0.4 is 5.32 Å². The molecule has 0 spiro atoms. The predicted molar refractivity (Wildman–Crippen MR) is 110 cm³/mol. The minimum Gasteiger partial charge on any atom is -0.320 e. The Morgan fingerprint density at radius 3 is 2.48 bits per heavy atom. The fraction of sp³-hybridized carbons (Fsp3) is 0. The maximum atomic E-state index is 13.8. The molecule has 2 heterocycles. The van der Waals surface area contributed by atoms with E-state index in [9.17, 15) is 13.6 Å². The third kappa shape index (κ3) is 4.01. The van der Waals surface area contributed by atoms with Gasteiger partial charge < -0.3 is 5.32 Å². The quantitative estimate of drug-likeness (QED) is 0.431. The highest BCUT2D eigenvalue weighted by molar-refractivity contribution is 7.13. The standard InChI is InChI=1S/C21H12ClF2N3OS/c22-15-6-4-12(21-25-8-9-29-21)10-14(15)18-7-5-13(11-26-18)27-20(28)19-16(23)2-1-3-17(19)24/h1-11H,(H,27,28). The summed E-state index contributed by atoms with van der Waals surface area (Å²) in [6.07, 6.45) is 3.13. The monoisotopic (exact) mass is 427 g/mol. The number of anilines is 1. The number of pyridine rings is 1. The van der Waals surface area contributed by atoms with Crippen LogP contribution in [0.3, 0.4) is 0 Å². The topological polar surface area (TPSA) is 54.9 Å². The number of thiazole rings is 1. The highest BCUT2D eigenvalue weighted by Gasteiger charge is 2.17. The molecule has 8 heteroatoms. The first-order chi connectivity index (χ1) is 14.0. The van der Waals surface area contributed by atoms with Gasteiger partial charge in [0.15, 0.2) is 0 Å². The van der Waals surface area contributed by atoms with E-state index in [4.69, 9.17) is 11.6 Å². The zero-order valence-corrected chi connectivity index (χ0v) is 16.3. The molecule has 4 aromatic rings. The van der Waals surface area contributed by atoms with Crippen LogP contribution in [0.1, 0.15) is 10.4 Å². The molecule has 0 bridgehead atoms. The van der Waals surface area contributed by atoms with Crippen LogP contribution in [-0.4, -0.2) is 15.9 Å². The maximum Gasteiger partial charge on any atom is 0.261 e. The number of carbonyl (C=O) groups excluding carboxylic acids is 1. The van der Waals surface area contributed by atoms with Crippen LogP contribution in [0.25, 0.3) is 21.8 Å². The van der Waals surface area contributed by atoms with Crippen LogP contribution in [0.5, 0.6) is 0 Å². The van der Waals surface area contributed by atoms with Crippen molar-refractivity contribution in [1.82, 2.24) is 9.97 Å². The molecule has 0 fully saturated rings. The second-order valence-corrected chi connectivity index (χ2v) is 7.32. The Kier molecular flexibility index (Phi) is 5.33. The lowest BCUT2D eigenvalue weighted by Crippen LogP contribution is -2.15. The van der Waals surface area contributed by atoms with E-state index in [1.807, 2.05) is 17.5 Å². The van der Waals surface area contributed by atoms with Crippen molar-refractivity contribution in [2.45, 2.75) is 0 Å². The number of rotatable bonds is 4. The molecule has 0 saturated carbocycles. The zero-order chi connectivity index (χ0) is 20.4. The van der Waals surface area contributed by atoms with Crippen molar-refractivity contribution < 1.29 is 13.6 Å². The maximum absolute atomic E-state index is 13.8. The lowest BCUT2D eigenvalue weighted by atomic mass is 10.1. The molecular weight excluding hydrogens is 416 g/mol. The van der Waals surface area contributed by atoms with Crippen LogP contribution >= 0.6 is 22.9 Å². The Morgan fingerprint density at radius 2 is 1.83 bits per heavy atom. The van der Waals surface area contributed by atoms with Gasteiger partial charge in [-0.05, 0) is 36.4 Å². The van der Waals surface area contributed by atoms with Gasteiger partial charge >= 0.3 is 0 Å². The molecule has 2 aromatic carbocycles. The van der Waals surface area contributed by atoms with Crippen molar-refractivity contribution in [2.24, 2.45) is 0 Å². The molecule has 0 unspecified atom stereocenters. The molecule has 0 aliphatic rings. The summed E-state index contributed by atoms with van der Waals surface area (Å²) in [5.41, 5.74) is 1.86. The van der Waals surface area contributed by atoms with Gasteiger partial charge in [0.1, 0.15) is 22.2 Å². The minimum absolute atomic E-state index is 0.300. The summed E-state index contributed by atoms with van der Waals surface area (Å²) >= 11 is 7.83. The molecule has 29 heavy (non-hydrogen) atoms. The molecule has 4 rings (SSSR count). The summed E-state index contributed by atoms with van der Waals surface area (Å²) in [6, 6.07) is 12.0. The zero-order valence-electron chi connectivity index (χ0n) is 14.7. The Morgan fingerprint density at radius 1 is 1.03 bits per heavy atom. The number of aromatic nitrogens is 2. The number of hydrogen-bond acceptors (Lipinski definition) is 4. The lowest BCUT2D eigenvalue weighted by molar-refractivity contribution is 0.101. The molecule has 0 saturated heterocycles. The number of nitrogens with one attached hydrogen (secondary N) is 1. The molecule has 1 amide bonds. The number of hydrogen-bond donors (Lipinski definition) is 1. The van der Waals surface area contributed by atoms with Gasteiger partial charge in [-0.3, -0.25) is 9.78 Å². The molecule has 2 aromatic heterocycles. The average Bonchev–Trinajstić information content (AvgIpc) is 3.24. The number of nitrogens with zero attached hydrogens (tertiary/aromatic N) is 2. The fourth-order valence-corrected chi connectivity index (χ4v) is 3.61. The van der Waals surface area contributed by atoms with Crippen LogP contribution in [0, 0.1) is 11.6 Å². The number of carbonyl (C=O) groups is 1. The van der Waals surface area contributed by atoms with E-state index in [1.165, 1.54) is 23.6 Å². The minimum atomic E-state index is -0.933. The first-order valence-electron chi connectivity index (χ1n) is 8.44. The lowest BCUT2D eigenvalue weighted by Gasteiger charge is -2.09. The fourth-order valence-electron chi connectivity index (χ4n) is 2.76. The van der Waals surface area contributed by atoms with Crippen LogP contribution in [-0.2, 0) is 0 Å². The van der Waals surface area contributed by atoms with E-state index < -0.39 is 23.1 Å². The predicted octanol–water partition coefficient (Wildman–Crippen LogP) is 6.06. The Balaban J connectivity index is 1.59. The van der Waals surface area contributed by atoms with Crippen molar-refractivity contribution in [1.29, 1.82) is 0 Å². The summed E-state index contributed by atoms with van der Waals surface area (Å²) in [5, 5.41) is 5.71. The van der Waals surface area contributed by atoms with Gasteiger partial charge in [-0.1, -0.05) is 23.7 Å². The summed E-state index contributed by atoms with van der Waals surface area (Å²) in [6.45, 7) is 0. The third-order valence-corrected chi connectivity index (χ3v) is 5.28. The Hall–Kier alpha value is -3.16. The van der Waals surface area contributed by atoms with Gasteiger partial charge in [0.05, 0.1) is 22.6 Å². The smallest absolute Gasteiger partial charge is 0.261 e. The molecule has 0 atom stereocenters. The molecule has 1 N–H and O–H groups in total. The molecular formula is C21H12ClF2N3OS. The van der Waals surface area contributed by atoms with Crippen LogP contribution in [0.15, 0.2) is 66.3 Å². The summed E-state index contributed by atoms with van der Waals surface area (Å²) in [5.74, 6) is -2.75. The third-order valence-electron chi connectivity index (χ3n) is 4.13. The van der Waals surface area contributed by atoms with E-state index in [-0.39, 0.29) is 0 Å². The number of benzene rings is 2. The van der Waals surface area contributed by atoms with Crippen LogP contribution in [0.2, 0.25) is 5.02 Å². The number of halogens is 3. The average molecular weight is 428 g/mol. The highest BCUT2D eigenvalue weighted by atomic mass is 35.5. The first-order valence-corrected chi connectivity index (χ1v) is 9.70. The van der Waals surface area contributed by atoms with E-state index >= 15 is 0 Å². The Labute approximate surface area is 173 Å². The summed E-state index contributed by atoms with van der Waals surface area (Å²) in [7, 11) is 0. The highest BCUT2D eigenvalue weighted by Crippen LogP contribution is 2.32. The molecule has 4 nitrogen and oxygen atoms in total. The van der Waals surface area contributed by atoms with Crippen molar-refractivity contribution in [2.75, 3.05) is 5.32 Å². The van der Waals surface area contributed by atoms with Crippen molar-refractivity contribution in [3.05, 3.63) is 88.5 Å². The van der Waals surface area contributed by atoms with Crippen LogP contribution in [0.4, 0.5) is 14.5 Å². The van der Waals surface area contributed by atoms with Gasteiger partial charge in [0.25, 0.3) is 5.91 Å². The van der Waals surface area contributed by atoms with Crippen molar-refractivity contribution >= 4 is 34.5 Å². The van der Waals surface area contributed by atoms with Gasteiger partial charge in [-0.2, -0.15) is 0 Å². The first kappa shape index (κ1) is 19.2. The van der Waals surface area contributed by atoms with Crippen molar-refractivity contribution in [3.8, 4) is 21.8 Å². The SMILES string of the molecule is O=C(Nc1ccc(-c2cc(-c3nccs3)ccc2Cl)nc1)c1c(F)cccc1F. The van der Waals surface area contributed by atoms with Crippen molar-refractivity contribution in [3.63, 3.8) is 0 Å². The molecule has 0 aliphatic carbocycles.